The summed E-state index contributed by atoms with van der Waals surface area (Å²) in [5.74, 6) is 0.0442. The van der Waals surface area contributed by atoms with Crippen LogP contribution in [-0.4, -0.2) is 59.3 Å². The first-order valence-electron chi connectivity index (χ1n) is 12.3. The summed E-state index contributed by atoms with van der Waals surface area (Å²) >= 11 is 1.35. The second kappa shape index (κ2) is 12.6. The number of fused-ring (bicyclic) bond motifs is 1. The molecule has 2 atom stereocenters. The summed E-state index contributed by atoms with van der Waals surface area (Å²) in [5, 5.41) is 18.1. The Balaban J connectivity index is 1.56. The third kappa shape index (κ3) is 7.32. The number of anilines is 1. The lowest BCUT2D eigenvalue weighted by atomic mass is 10.0. The number of nitrogens with zero attached hydrogens (tertiary/aromatic N) is 3. The molecule has 39 heavy (non-hydrogen) atoms. The number of thiazole rings is 1. The molecule has 13 heteroatoms. The van der Waals surface area contributed by atoms with E-state index in [1.807, 2.05) is 44.2 Å². The Morgan fingerprint density at radius 3 is 2.67 bits per heavy atom. The highest BCUT2D eigenvalue weighted by molar-refractivity contribution is 7.89. The highest BCUT2D eigenvalue weighted by Crippen LogP contribution is 2.26. The van der Waals surface area contributed by atoms with E-state index in [0.29, 0.717) is 11.0 Å². The molecule has 4 N–H and O–H groups in total. The van der Waals surface area contributed by atoms with E-state index < -0.39 is 28.3 Å². The van der Waals surface area contributed by atoms with Crippen molar-refractivity contribution in [2.24, 2.45) is 5.92 Å². The van der Waals surface area contributed by atoms with Crippen LogP contribution in [0.5, 0.6) is 0 Å². The van der Waals surface area contributed by atoms with Gasteiger partial charge in [-0.05, 0) is 36.1 Å². The lowest BCUT2D eigenvalue weighted by molar-refractivity contribution is 0.0876. The van der Waals surface area contributed by atoms with Gasteiger partial charge in [0.05, 0.1) is 32.8 Å². The van der Waals surface area contributed by atoms with E-state index in [9.17, 15) is 18.3 Å². The summed E-state index contributed by atoms with van der Waals surface area (Å²) < 4.78 is 39.1. The van der Waals surface area contributed by atoms with Crippen molar-refractivity contribution >= 4 is 44.2 Å². The van der Waals surface area contributed by atoms with Crippen molar-refractivity contribution in [3.8, 4) is 0 Å². The van der Waals surface area contributed by atoms with Crippen LogP contribution in [0.15, 0.2) is 69.7 Å². The minimum absolute atomic E-state index is 0.00529. The van der Waals surface area contributed by atoms with Crippen molar-refractivity contribution in [2.75, 3.05) is 18.8 Å². The first-order chi connectivity index (χ1) is 18.6. The zero-order valence-electron chi connectivity index (χ0n) is 21.6. The van der Waals surface area contributed by atoms with E-state index in [4.69, 9.17) is 15.0 Å². The molecule has 0 saturated heterocycles. The van der Waals surface area contributed by atoms with Crippen molar-refractivity contribution in [2.45, 2.75) is 43.9 Å². The number of nitrogen functional groups attached to an aromatic ring is 1. The van der Waals surface area contributed by atoms with E-state index in [-0.39, 0.29) is 42.7 Å². The summed E-state index contributed by atoms with van der Waals surface area (Å²) in [6, 6.07) is 12.8. The number of hydrogen-bond donors (Lipinski definition) is 3. The number of nitrogens with one attached hydrogen (secondary N) is 1. The van der Waals surface area contributed by atoms with Gasteiger partial charge in [-0.15, -0.1) is 11.3 Å². The molecule has 4 rings (SSSR count). The molecule has 2 aromatic carbocycles. The van der Waals surface area contributed by atoms with Gasteiger partial charge in [0.1, 0.15) is 6.61 Å². The minimum atomic E-state index is -4.05. The number of ether oxygens (including phenoxy) is 1. The third-order valence-electron chi connectivity index (χ3n) is 5.96. The quantitative estimate of drug-likeness (QED) is 0.231. The van der Waals surface area contributed by atoms with E-state index >= 15 is 0 Å². The molecule has 0 aliphatic heterocycles. The van der Waals surface area contributed by atoms with Crippen LogP contribution in [0.4, 0.5) is 10.6 Å². The normalized spacial score (nSPS) is 13.6. The molecule has 2 aromatic heterocycles. The second-order valence-corrected chi connectivity index (χ2v) is 12.4. The van der Waals surface area contributed by atoms with Gasteiger partial charge in [0.25, 0.3) is 0 Å². The number of sulfonamides is 1. The van der Waals surface area contributed by atoms with Gasteiger partial charge in [0.15, 0.2) is 11.4 Å². The van der Waals surface area contributed by atoms with Crippen molar-refractivity contribution in [1.82, 2.24) is 19.8 Å². The van der Waals surface area contributed by atoms with Crippen LogP contribution >= 0.6 is 11.3 Å². The molecule has 0 spiro atoms. The summed E-state index contributed by atoms with van der Waals surface area (Å²) in [5.41, 5.74) is 8.69. The number of carbonyl (C=O) groups is 1. The summed E-state index contributed by atoms with van der Waals surface area (Å²) in [6.45, 7) is 3.68. The molecule has 0 fully saturated rings. The Morgan fingerprint density at radius 2 is 1.97 bits per heavy atom. The van der Waals surface area contributed by atoms with Crippen molar-refractivity contribution in [3.05, 3.63) is 70.7 Å². The van der Waals surface area contributed by atoms with Crippen LogP contribution in [0.3, 0.4) is 0 Å². The van der Waals surface area contributed by atoms with Crippen LogP contribution in [0, 0.1) is 5.92 Å². The van der Waals surface area contributed by atoms with Crippen LogP contribution in [0.1, 0.15) is 24.3 Å². The summed E-state index contributed by atoms with van der Waals surface area (Å²) in [7, 11) is -4.05. The maximum atomic E-state index is 13.7. The van der Waals surface area contributed by atoms with Gasteiger partial charge in [-0.3, -0.25) is 4.98 Å². The van der Waals surface area contributed by atoms with E-state index in [0.717, 1.165) is 10.4 Å². The Hall–Kier alpha value is -3.52. The molecule has 11 nitrogen and oxygen atoms in total. The lowest BCUT2D eigenvalue weighted by Gasteiger charge is -2.30. The van der Waals surface area contributed by atoms with E-state index in [1.165, 1.54) is 33.8 Å². The number of hydrogen-bond acceptors (Lipinski definition) is 10. The van der Waals surface area contributed by atoms with Crippen LogP contribution in [0.2, 0.25) is 0 Å². The maximum Gasteiger partial charge on any atom is 0.407 e. The number of rotatable bonds is 12. The molecule has 2 unspecified atom stereocenters. The first kappa shape index (κ1) is 28.5. The second-order valence-electron chi connectivity index (χ2n) is 9.49. The zero-order valence-corrected chi connectivity index (χ0v) is 23.2. The van der Waals surface area contributed by atoms with Crippen LogP contribution < -0.4 is 11.1 Å². The highest BCUT2D eigenvalue weighted by Gasteiger charge is 2.32. The Kier molecular flexibility index (Phi) is 9.17. The Labute approximate surface area is 230 Å². The lowest BCUT2D eigenvalue weighted by Crippen LogP contribution is -2.51. The largest absolute Gasteiger partial charge is 0.444 e. The molecule has 0 bridgehead atoms. The molecule has 208 valence electrons. The Bertz CT molecular complexity index is 1480. The average molecular weight is 574 g/mol. The van der Waals surface area contributed by atoms with Crippen LogP contribution in [0.25, 0.3) is 11.0 Å². The topological polar surface area (TPSA) is 161 Å². The van der Waals surface area contributed by atoms with Gasteiger partial charge in [-0.25, -0.2) is 13.2 Å². The van der Waals surface area contributed by atoms with Gasteiger partial charge < -0.3 is 25.4 Å². The van der Waals surface area contributed by atoms with Gasteiger partial charge in [0, 0.05) is 19.3 Å². The minimum Gasteiger partial charge on any atom is -0.444 e. The van der Waals surface area contributed by atoms with Gasteiger partial charge in [-0.1, -0.05) is 49.3 Å². The van der Waals surface area contributed by atoms with Crippen molar-refractivity contribution < 1.29 is 27.6 Å². The van der Waals surface area contributed by atoms with Gasteiger partial charge >= 0.3 is 6.09 Å². The molecule has 0 saturated carbocycles. The Morgan fingerprint density at radius 1 is 1.21 bits per heavy atom. The van der Waals surface area contributed by atoms with Gasteiger partial charge in [-0.2, -0.15) is 4.31 Å². The number of benzene rings is 2. The molecular formula is C26H31N5O6S2. The van der Waals surface area contributed by atoms with Crippen molar-refractivity contribution in [1.29, 1.82) is 0 Å². The van der Waals surface area contributed by atoms with Gasteiger partial charge in [0.2, 0.25) is 10.0 Å². The van der Waals surface area contributed by atoms with E-state index in [1.54, 1.807) is 11.7 Å². The third-order valence-corrected chi connectivity index (χ3v) is 8.54. The molecule has 1 amide bonds. The number of alkyl carbamates (subject to hydrolysis) is 1. The maximum absolute atomic E-state index is 13.7. The number of carbonyl (C=O) groups excluding carboxylic acids is 1. The molecule has 0 aliphatic rings. The summed E-state index contributed by atoms with van der Waals surface area (Å²) in [6.07, 6.45) is -0.113. The fourth-order valence-electron chi connectivity index (χ4n) is 4.05. The van der Waals surface area contributed by atoms with E-state index in [2.05, 4.69) is 15.5 Å². The zero-order chi connectivity index (χ0) is 28.0. The number of amides is 1. The number of aliphatic hydroxyl groups excluding tert-OH is 1. The number of nitrogens with two attached hydrogens (primary N) is 1. The molecular weight excluding hydrogens is 542 g/mol. The smallest absolute Gasteiger partial charge is 0.407 e. The predicted molar refractivity (Wildman–Crippen MR) is 147 cm³/mol. The fourth-order valence-corrected chi connectivity index (χ4v) is 6.21. The SMILES string of the molecule is CC(C)CN(CC(O)C(Cc1ccccc1)NC(=O)OCc1cncs1)S(=O)(=O)c1ccc2onc(N)c2c1. The molecule has 0 radical (unpaired) electrons. The number of aliphatic hydroxyl groups is 1. The molecule has 4 aromatic rings. The summed E-state index contributed by atoms with van der Waals surface area (Å²) in [4.78, 5) is 17.4. The fraction of sp³-hybridized carbons (Fsp3) is 0.346. The standard InChI is InChI=1S/C26H31N5O6S2/c1-17(2)13-31(39(34,35)20-8-9-24-21(11-20)25(27)30-37-24)14-23(32)22(10-18-6-4-3-5-7-18)29-26(33)36-15-19-12-28-16-38-19/h3-9,11-12,16-17,22-23,32H,10,13-15H2,1-2H3,(H2,27,30)(H,29,33). The average Bonchev–Trinajstić information content (AvgIpc) is 3.56. The first-order valence-corrected chi connectivity index (χ1v) is 14.6. The predicted octanol–water partition coefficient (Wildman–Crippen LogP) is 3.41. The number of aromatic nitrogens is 2. The molecule has 0 aliphatic carbocycles. The monoisotopic (exact) mass is 573 g/mol. The van der Waals surface area contributed by atoms with Crippen molar-refractivity contribution in [3.63, 3.8) is 0 Å². The van der Waals surface area contributed by atoms with Crippen LogP contribution in [-0.2, 0) is 27.8 Å². The molecule has 2 heterocycles. The highest BCUT2D eigenvalue weighted by atomic mass is 32.2.